The number of rotatable bonds is 4. The minimum atomic E-state index is 0.0692. The van der Waals surface area contributed by atoms with Crippen LogP contribution in [-0.2, 0) is 6.42 Å². The molecule has 2 N–H and O–H groups in total. The Morgan fingerprint density at radius 3 is 2.45 bits per heavy atom. The van der Waals surface area contributed by atoms with Crippen molar-refractivity contribution in [3.05, 3.63) is 69.7 Å². The quantitative estimate of drug-likeness (QED) is 0.842. The molecule has 104 valence electrons. The van der Waals surface area contributed by atoms with Crippen LogP contribution in [0.2, 0.25) is 0 Å². The number of hydrogen-bond acceptors (Lipinski definition) is 1. The first-order valence-corrected chi connectivity index (χ1v) is 8.11. The highest BCUT2D eigenvalue weighted by atomic mass is 79.9. The monoisotopic (exact) mass is 329 g/mol. The third-order valence-electron chi connectivity index (χ3n) is 4.29. The Labute approximate surface area is 129 Å². The van der Waals surface area contributed by atoms with Gasteiger partial charge in [0.25, 0.3) is 0 Å². The lowest BCUT2D eigenvalue weighted by Crippen LogP contribution is -2.14. The van der Waals surface area contributed by atoms with E-state index in [9.17, 15) is 0 Å². The maximum absolute atomic E-state index is 6.33. The molecule has 0 spiro atoms. The molecule has 3 rings (SSSR count). The smallest absolute Gasteiger partial charge is 0.0335 e. The van der Waals surface area contributed by atoms with Gasteiger partial charge < -0.3 is 5.73 Å². The van der Waals surface area contributed by atoms with Crippen LogP contribution in [0, 0.1) is 0 Å². The standard InChI is InChI=1S/C18H20BrN/c19-17-6-1-3-13(11-17)12-18(20)16-9-7-15(8-10-16)14-4-2-5-14/h1,3,6-11,14,18H,2,4-5,12,20H2. The summed E-state index contributed by atoms with van der Waals surface area (Å²) in [7, 11) is 0. The van der Waals surface area contributed by atoms with Gasteiger partial charge in [-0.2, -0.15) is 0 Å². The number of halogens is 1. The summed E-state index contributed by atoms with van der Waals surface area (Å²) < 4.78 is 1.11. The van der Waals surface area contributed by atoms with E-state index in [0.29, 0.717) is 0 Å². The maximum atomic E-state index is 6.33. The lowest BCUT2D eigenvalue weighted by molar-refractivity contribution is 0.419. The number of nitrogens with two attached hydrogens (primary N) is 1. The molecule has 0 aliphatic heterocycles. The minimum Gasteiger partial charge on any atom is -0.324 e. The second-order valence-corrected chi connectivity index (χ2v) is 6.65. The fourth-order valence-electron chi connectivity index (χ4n) is 2.79. The van der Waals surface area contributed by atoms with E-state index in [-0.39, 0.29) is 6.04 Å². The van der Waals surface area contributed by atoms with E-state index in [4.69, 9.17) is 5.73 Å². The molecule has 1 unspecified atom stereocenters. The molecule has 0 bridgehead atoms. The zero-order valence-corrected chi connectivity index (χ0v) is 13.1. The molecule has 1 aliphatic rings. The molecule has 0 heterocycles. The van der Waals surface area contributed by atoms with E-state index in [1.807, 2.05) is 6.07 Å². The van der Waals surface area contributed by atoms with Gasteiger partial charge in [-0.15, -0.1) is 0 Å². The molecule has 1 nitrogen and oxygen atoms in total. The second-order valence-electron chi connectivity index (χ2n) is 5.74. The van der Waals surface area contributed by atoms with Gasteiger partial charge in [0, 0.05) is 10.5 Å². The molecular formula is C18H20BrN. The molecule has 2 aromatic carbocycles. The Hall–Kier alpha value is -1.12. The highest BCUT2D eigenvalue weighted by Gasteiger charge is 2.19. The molecule has 0 saturated heterocycles. The third-order valence-corrected chi connectivity index (χ3v) is 4.78. The van der Waals surface area contributed by atoms with Crippen molar-refractivity contribution in [1.82, 2.24) is 0 Å². The highest BCUT2D eigenvalue weighted by Crippen LogP contribution is 2.36. The van der Waals surface area contributed by atoms with Crippen molar-refractivity contribution >= 4 is 15.9 Å². The highest BCUT2D eigenvalue weighted by molar-refractivity contribution is 9.10. The van der Waals surface area contributed by atoms with Gasteiger partial charge in [0.2, 0.25) is 0 Å². The number of benzene rings is 2. The van der Waals surface area contributed by atoms with Crippen molar-refractivity contribution in [3.8, 4) is 0 Å². The average Bonchev–Trinajstić information content (AvgIpc) is 2.37. The van der Waals surface area contributed by atoms with Gasteiger partial charge in [-0.25, -0.2) is 0 Å². The Morgan fingerprint density at radius 2 is 1.85 bits per heavy atom. The van der Waals surface area contributed by atoms with Crippen LogP contribution < -0.4 is 5.73 Å². The Kier molecular flexibility index (Phi) is 4.23. The van der Waals surface area contributed by atoms with Crippen molar-refractivity contribution in [2.24, 2.45) is 5.73 Å². The molecule has 1 atom stereocenters. The molecule has 20 heavy (non-hydrogen) atoms. The van der Waals surface area contributed by atoms with E-state index in [0.717, 1.165) is 16.8 Å². The second kappa shape index (κ2) is 6.11. The third kappa shape index (κ3) is 3.13. The van der Waals surface area contributed by atoms with E-state index in [1.165, 1.54) is 36.0 Å². The zero-order valence-electron chi connectivity index (χ0n) is 11.6. The summed E-state index contributed by atoms with van der Waals surface area (Å²) in [6.45, 7) is 0. The van der Waals surface area contributed by atoms with Gasteiger partial charge >= 0.3 is 0 Å². The lowest BCUT2D eigenvalue weighted by atomic mass is 9.80. The molecule has 1 saturated carbocycles. The van der Waals surface area contributed by atoms with Crippen LogP contribution in [-0.4, -0.2) is 0 Å². The average molecular weight is 330 g/mol. The van der Waals surface area contributed by atoms with Gasteiger partial charge in [-0.3, -0.25) is 0 Å². The summed E-state index contributed by atoms with van der Waals surface area (Å²) in [5.41, 5.74) is 10.3. The fourth-order valence-corrected chi connectivity index (χ4v) is 3.24. The van der Waals surface area contributed by atoms with Gasteiger partial charge in [0.1, 0.15) is 0 Å². The molecule has 1 fully saturated rings. The summed E-state index contributed by atoms with van der Waals surface area (Å²) in [5.74, 6) is 0.797. The summed E-state index contributed by atoms with van der Waals surface area (Å²) in [5, 5.41) is 0. The fraction of sp³-hybridized carbons (Fsp3) is 0.333. The Balaban J connectivity index is 1.68. The van der Waals surface area contributed by atoms with Gasteiger partial charge in [-0.1, -0.05) is 58.7 Å². The maximum Gasteiger partial charge on any atom is 0.0335 e. The first-order chi connectivity index (χ1) is 9.72. The summed E-state index contributed by atoms with van der Waals surface area (Å²) >= 11 is 3.51. The van der Waals surface area contributed by atoms with E-state index >= 15 is 0 Å². The van der Waals surface area contributed by atoms with E-state index in [1.54, 1.807) is 0 Å². The van der Waals surface area contributed by atoms with Gasteiger partial charge in [-0.05, 0) is 54.0 Å². The molecule has 1 aliphatic carbocycles. The Morgan fingerprint density at radius 1 is 1.10 bits per heavy atom. The SMILES string of the molecule is NC(Cc1cccc(Br)c1)c1ccc(C2CCC2)cc1. The molecule has 0 radical (unpaired) electrons. The van der Waals surface area contributed by atoms with Crippen LogP contribution in [0.15, 0.2) is 53.0 Å². The van der Waals surface area contributed by atoms with Crippen molar-refractivity contribution in [1.29, 1.82) is 0 Å². The van der Waals surface area contributed by atoms with Crippen LogP contribution in [0.3, 0.4) is 0 Å². The molecule has 0 amide bonds. The van der Waals surface area contributed by atoms with Crippen molar-refractivity contribution in [2.45, 2.75) is 37.6 Å². The molecule has 0 aromatic heterocycles. The van der Waals surface area contributed by atoms with Crippen molar-refractivity contribution in [2.75, 3.05) is 0 Å². The predicted molar refractivity (Wildman–Crippen MR) is 87.8 cm³/mol. The first-order valence-electron chi connectivity index (χ1n) is 7.32. The predicted octanol–water partition coefficient (Wildman–Crippen LogP) is 4.96. The molecule has 2 heteroatoms. The summed E-state index contributed by atoms with van der Waals surface area (Å²) in [6, 6.07) is 17.4. The van der Waals surface area contributed by atoms with Crippen LogP contribution in [0.1, 0.15) is 47.9 Å². The largest absolute Gasteiger partial charge is 0.324 e. The van der Waals surface area contributed by atoms with Gasteiger partial charge in [0.15, 0.2) is 0 Å². The normalized spacial score (nSPS) is 16.7. The van der Waals surface area contributed by atoms with Crippen LogP contribution in [0.4, 0.5) is 0 Å². The molecule has 2 aromatic rings. The van der Waals surface area contributed by atoms with E-state index in [2.05, 4.69) is 58.4 Å². The van der Waals surface area contributed by atoms with Crippen molar-refractivity contribution < 1.29 is 0 Å². The van der Waals surface area contributed by atoms with E-state index < -0.39 is 0 Å². The zero-order chi connectivity index (χ0) is 13.9. The Bertz CT molecular complexity index is 572. The summed E-state index contributed by atoms with van der Waals surface area (Å²) in [4.78, 5) is 0. The lowest BCUT2D eigenvalue weighted by Gasteiger charge is -2.26. The number of hydrogen-bond donors (Lipinski definition) is 1. The van der Waals surface area contributed by atoms with Crippen molar-refractivity contribution in [3.63, 3.8) is 0 Å². The van der Waals surface area contributed by atoms with Crippen LogP contribution in [0.25, 0.3) is 0 Å². The van der Waals surface area contributed by atoms with Crippen LogP contribution >= 0.6 is 15.9 Å². The minimum absolute atomic E-state index is 0.0692. The van der Waals surface area contributed by atoms with Crippen LogP contribution in [0.5, 0.6) is 0 Å². The first kappa shape index (κ1) is 13.8. The van der Waals surface area contributed by atoms with Gasteiger partial charge in [0.05, 0.1) is 0 Å². The molecular weight excluding hydrogens is 310 g/mol. The summed E-state index contributed by atoms with van der Waals surface area (Å²) in [6.07, 6.45) is 4.96. The topological polar surface area (TPSA) is 26.0 Å².